The number of carbonyl (C=O) groups is 1. The minimum atomic E-state index is -0.238. The second-order valence-electron chi connectivity index (χ2n) is 7.67. The smallest absolute Gasteiger partial charge is 0.293 e. The van der Waals surface area contributed by atoms with Gasteiger partial charge in [-0.05, 0) is 26.0 Å². The standard InChI is InChI=1S/C24H22N6OS/c1-16-14-29-20(17(2)25-24(29)32-16)15-28(3)23(31)21-26-22(18-10-6-4-7-11-18)30(27-21)19-12-8-5-9-13-19/h4-14H,15H2,1-3H3. The van der Waals surface area contributed by atoms with Crippen LogP contribution in [0.3, 0.4) is 0 Å². The van der Waals surface area contributed by atoms with Crippen molar-refractivity contribution >= 4 is 22.2 Å². The van der Waals surface area contributed by atoms with Crippen LogP contribution in [0.1, 0.15) is 26.9 Å². The molecule has 0 radical (unpaired) electrons. The molecular weight excluding hydrogens is 420 g/mol. The van der Waals surface area contributed by atoms with Crippen molar-refractivity contribution in [3.8, 4) is 17.1 Å². The summed E-state index contributed by atoms with van der Waals surface area (Å²) in [5, 5.41) is 4.59. The Kier molecular flexibility index (Phi) is 5.07. The van der Waals surface area contributed by atoms with Gasteiger partial charge in [0.2, 0.25) is 5.82 Å². The predicted molar refractivity (Wildman–Crippen MR) is 125 cm³/mol. The molecular formula is C24H22N6OS. The first-order chi connectivity index (χ1) is 15.5. The number of carbonyl (C=O) groups excluding carboxylic acids is 1. The second-order valence-corrected chi connectivity index (χ2v) is 8.89. The fraction of sp³-hybridized carbons (Fsp3) is 0.167. The summed E-state index contributed by atoms with van der Waals surface area (Å²) >= 11 is 1.64. The molecule has 8 heteroatoms. The zero-order valence-corrected chi connectivity index (χ0v) is 18.9. The first-order valence-corrected chi connectivity index (χ1v) is 11.1. The molecule has 3 aromatic heterocycles. The lowest BCUT2D eigenvalue weighted by Crippen LogP contribution is -2.28. The molecule has 7 nitrogen and oxygen atoms in total. The fourth-order valence-corrected chi connectivity index (χ4v) is 4.58. The van der Waals surface area contributed by atoms with Crippen LogP contribution in [-0.2, 0) is 6.54 Å². The van der Waals surface area contributed by atoms with Crippen LogP contribution in [0.5, 0.6) is 0 Å². The normalized spacial score (nSPS) is 11.2. The quantitative estimate of drug-likeness (QED) is 0.401. The van der Waals surface area contributed by atoms with E-state index >= 15 is 0 Å². The molecule has 0 saturated carbocycles. The summed E-state index contributed by atoms with van der Waals surface area (Å²) in [4.78, 5) is 26.3. The van der Waals surface area contributed by atoms with Gasteiger partial charge in [-0.1, -0.05) is 48.5 Å². The first-order valence-electron chi connectivity index (χ1n) is 10.3. The van der Waals surface area contributed by atoms with Crippen molar-refractivity contribution in [2.24, 2.45) is 0 Å². The van der Waals surface area contributed by atoms with Crippen molar-refractivity contribution in [3.63, 3.8) is 0 Å². The van der Waals surface area contributed by atoms with Crippen molar-refractivity contribution in [2.45, 2.75) is 20.4 Å². The van der Waals surface area contributed by atoms with Gasteiger partial charge in [0.05, 0.1) is 23.6 Å². The minimum absolute atomic E-state index is 0.162. The van der Waals surface area contributed by atoms with Crippen LogP contribution < -0.4 is 0 Å². The number of para-hydroxylation sites is 1. The molecule has 0 N–H and O–H groups in total. The molecule has 0 bridgehead atoms. The molecule has 0 atom stereocenters. The fourth-order valence-electron chi connectivity index (χ4n) is 3.69. The van der Waals surface area contributed by atoms with E-state index in [2.05, 4.69) is 32.6 Å². The highest BCUT2D eigenvalue weighted by atomic mass is 32.1. The van der Waals surface area contributed by atoms with Gasteiger partial charge in [-0.15, -0.1) is 16.4 Å². The maximum Gasteiger partial charge on any atom is 0.293 e. The molecule has 160 valence electrons. The van der Waals surface area contributed by atoms with Crippen molar-refractivity contribution < 1.29 is 4.79 Å². The highest BCUT2D eigenvalue weighted by molar-refractivity contribution is 7.17. The number of benzene rings is 2. The monoisotopic (exact) mass is 442 g/mol. The van der Waals surface area contributed by atoms with E-state index in [1.165, 1.54) is 4.88 Å². The van der Waals surface area contributed by atoms with Gasteiger partial charge in [-0.25, -0.2) is 14.6 Å². The average Bonchev–Trinajstić information content (AvgIpc) is 3.48. The van der Waals surface area contributed by atoms with Gasteiger partial charge in [0.25, 0.3) is 5.91 Å². The lowest BCUT2D eigenvalue weighted by atomic mass is 10.2. The van der Waals surface area contributed by atoms with Gasteiger partial charge in [-0.2, -0.15) is 0 Å². The van der Waals surface area contributed by atoms with Crippen LogP contribution in [0, 0.1) is 13.8 Å². The number of fused-ring (bicyclic) bond motifs is 1. The lowest BCUT2D eigenvalue weighted by Gasteiger charge is -2.15. The lowest BCUT2D eigenvalue weighted by molar-refractivity contribution is 0.0771. The Balaban J connectivity index is 1.50. The van der Waals surface area contributed by atoms with E-state index in [1.807, 2.05) is 67.6 Å². The van der Waals surface area contributed by atoms with Crippen molar-refractivity contribution in [2.75, 3.05) is 7.05 Å². The van der Waals surface area contributed by atoms with E-state index in [1.54, 1.807) is 28.0 Å². The number of hydrogen-bond donors (Lipinski definition) is 0. The molecule has 3 heterocycles. The summed E-state index contributed by atoms with van der Waals surface area (Å²) in [5.74, 6) is 0.554. The number of aromatic nitrogens is 5. The summed E-state index contributed by atoms with van der Waals surface area (Å²) in [7, 11) is 1.77. The van der Waals surface area contributed by atoms with Crippen molar-refractivity contribution in [3.05, 3.63) is 88.9 Å². The van der Waals surface area contributed by atoms with Gasteiger partial charge in [0.1, 0.15) is 0 Å². The number of amides is 1. The predicted octanol–water partition coefficient (Wildman–Crippen LogP) is 4.53. The Morgan fingerprint density at radius 1 is 1.00 bits per heavy atom. The molecule has 32 heavy (non-hydrogen) atoms. The van der Waals surface area contributed by atoms with E-state index in [9.17, 15) is 4.79 Å². The Bertz CT molecular complexity index is 1340. The molecule has 0 spiro atoms. The average molecular weight is 443 g/mol. The number of imidazole rings is 1. The third kappa shape index (κ3) is 3.58. The third-order valence-electron chi connectivity index (χ3n) is 5.31. The highest BCUT2D eigenvalue weighted by Gasteiger charge is 2.23. The van der Waals surface area contributed by atoms with E-state index in [0.29, 0.717) is 12.4 Å². The largest absolute Gasteiger partial charge is 0.333 e. The molecule has 0 aliphatic carbocycles. The molecule has 0 aliphatic heterocycles. The number of rotatable bonds is 5. The zero-order chi connectivity index (χ0) is 22.2. The molecule has 2 aromatic carbocycles. The van der Waals surface area contributed by atoms with Gasteiger partial charge in [0, 0.05) is 23.7 Å². The summed E-state index contributed by atoms with van der Waals surface area (Å²) in [5.41, 5.74) is 3.66. The topological polar surface area (TPSA) is 68.3 Å². The maximum atomic E-state index is 13.3. The van der Waals surface area contributed by atoms with E-state index in [-0.39, 0.29) is 11.7 Å². The van der Waals surface area contributed by atoms with Crippen LogP contribution in [0.25, 0.3) is 22.0 Å². The summed E-state index contributed by atoms with van der Waals surface area (Å²) < 4.78 is 3.78. The highest BCUT2D eigenvalue weighted by Crippen LogP contribution is 2.23. The second kappa shape index (κ2) is 8.05. The molecule has 5 rings (SSSR count). The summed E-state index contributed by atoms with van der Waals surface area (Å²) in [6, 6.07) is 19.5. The molecule has 0 fully saturated rings. The summed E-state index contributed by atoms with van der Waals surface area (Å²) in [6.45, 7) is 4.44. The van der Waals surface area contributed by atoms with E-state index in [0.717, 1.165) is 27.6 Å². The summed E-state index contributed by atoms with van der Waals surface area (Å²) in [6.07, 6.45) is 2.06. The molecule has 0 saturated heterocycles. The van der Waals surface area contributed by atoms with Crippen LogP contribution in [0.2, 0.25) is 0 Å². The maximum absolute atomic E-state index is 13.3. The minimum Gasteiger partial charge on any atom is -0.333 e. The molecule has 0 unspecified atom stereocenters. The molecule has 0 aliphatic rings. The van der Waals surface area contributed by atoms with Crippen LogP contribution >= 0.6 is 11.3 Å². The number of nitrogens with zero attached hydrogens (tertiary/aromatic N) is 6. The first kappa shape index (κ1) is 20.1. The van der Waals surface area contributed by atoms with Crippen LogP contribution in [0.4, 0.5) is 0 Å². The molecule has 1 amide bonds. The molecule has 5 aromatic rings. The Morgan fingerprint density at radius 3 is 2.41 bits per heavy atom. The Morgan fingerprint density at radius 2 is 1.69 bits per heavy atom. The van der Waals surface area contributed by atoms with E-state index in [4.69, 9.17) is 0 Å². The third-order valence-corrected chi connectivity index (χ3v) is 6.20. The van der Waals surface area contributed by atoms with Crippen molar-refractivity contribution in [1.29, 1.82) is 0 Å². The Labute approximate surface area is 189 Å². The van der Waals surface area contributed by atoms with Crippen LogP contribution in [-0.4, -0.2) is 42.0 Å². The Hall–Kier alpha value is -3.78. The van der Waals surface area contributed by atoms with Gasteiger partial charge >= 0.3 is 0 Å². The van der Waals surface area contributed by atoms with Gasteiger partial charge in [-0.3, -0.25) is 9.20 Å². The number of hydrogen-bond acceptors (Lipinski definition) is 5. The van der Waals surface area contributed by atoms with E-state index < -0.39 is 0 Å². The SMILES string of the molecule is Cc1cn2c(CN(C)C(=O)c3nc(-c4ccccc4)n(-c4ccccc4)n3)c(C)nc2s1. The van der Waals surface area contributed by atoms with Gasteiger partial charge < -0.3 is 4.90 Å². The zero-order valence-electron chi connectivity index (χ0n) is 18.1. The van der Waals surface area contributed by atoms with Crippen LogP contribution in [0.15, 0.2) is 66.9 Å². The number of thiazole rings is 1. The number of aryl methyl sites for hydroxylation is 2. The van der Waals surface area contributed by atoms with Gasteiger partial charge in [0.15, 0.2) is 10.8 Å². The van der Waals surface area contributed by atoms with Crippen molar-refractivity contribution in [1.82, 2.24) is 29.0 Å².